The van der Waals surface area contributed by atoms with Crippen LogP contribution in [0.5, 0.6) is 5.75 Å². The zero-order valence-corrected chi connectivity index (χ0v) is 15.6. The molecule has 0 aliphatic carbocycles. The molecule has 1 amide bonds. The van der Waals surface area contributed by atoms with Gasteiger partial charge in [0, 0.05) is 12.0 Å². The molecule has 132 valence electrons. The van der Waals surface area contributed by atoms with E-state index in [-0.39, 0.29) is 36.1 Å². The van der Waals surface area contributed by atoms with Gasteiger partial charge in [-0.05, 0) is 18.9 Å². The van der Waals surface area contributed by atoms with Crippen molar-refractivity contribution in [3.63, 3.8) is 0 Å². The number of primary amides is 1. The fourth-order valence-electron chi connectivity index (χ4n) is 2.97. The van der Waals surface area contributed by atoms with E-state index >= 15 is 0 Å². The number of nitrogens with zero attached hydrogens (tertiary/aromatic N) is 1. The average molecular weight is 446 g/mol. The molecule has 1 fully saturated rings. The summed E-state index contributed by atoms with van der Waals surface area (Å²) in [5, 5.41) is 3.23. The highest BCUT2D eigenvalue weighted by Gasteiger charge is 2.29. The summed E-state index contributed by atoms with van der Waals surface area (Å²) in [7, 11) is 0. The third kappa shape index (κ3) is 4.50. The number of hydrogen-bond donors (Lipinski definition) is 3. The summed E-state index contributed by atoms with van der Waals surface area (Å²) in [4.78, 5) is 15.4. The van der Waals surface area contributed by atoms with Gasteiger partial charge in [-0.25, -0.2) is 0 Å². The number of amides is 1. The van der Waals surface area contributed by atoms with Crippen molar-refractivity contribution in [2.45, 2.75) is 37.5 Å². The van der Waals surface area contributed by atoms with Crippen molar-refractivity contribution in [1.82, 2.24) is 5.32 Å². The Kier molecular flexibility index (Phi) is 6.67. The highest BCUT2D eigenvalue weighted by Crippen LogP contribution is 2.31. The number of aliphatic imine (C=N–C) groups is 1. The monoisotopic (exact) mass is 446 g/mol. The summed E-state index contributed by atoms with van der Waals surface area (Å²) in [5.41, 5.74) is 12.3. The maximum atomic E-state index is 11.1. The molecule has 1 saturated heterocycles. The molecule has 3 unspecified atom stereocenters. The van der Waals surface area contributed by atoms with Crippen molar-refractivity contribution in [3.05, 3.63) is 29.8 Å². The Labute approximate surface area is 158 Å². The quantitative estimate of drug-likeness (QED) is 0.364. The minimum absolute atomic E-state index is 0. The van der Waals surface area contributed by atoms with Gasteiger partial charge in [-0.15, -0.1) is 24.0 Å². The fourth-order valence-corrected chi connectivity index (χ4v) is 2.97. The highest BCUT2D eigenvalue weighted by atomic mass is 127. The molecule has 2 heterocycles. The average Bonchev–Trinajstić information content (AvgIpc) is 3.03. The number of fused-ring (bicyclic) bond motifs is 1. The second-order valence-corrected chi connectivity index (χ2v) is 5.82. The van der Waals surface area contributed by atoms with Crippen molar-refractivity contribution in [2.75, 3.05) is 13.2 Å². The smallest absolute Gasteiger partial charge is 0.246 e. The van der Waals surface area contributed by atoms with Crippen molar-refractivity contribution >= 4 is 35.8 Å². The summed E-state index contributed by atoms with van der Waals surface area (Å²) in [6.07, 6.45) is 1.65. The number of halogens is 1. The number of para-hydroxylation sites is 1. The van der Waals surface area contributed by atoms with E-state index < -0.39 is 12.0 Å². The summed E-state index contributed by atoms with van der Waals surface area (Å²) < 4.78 is 11.2. The summed E-state index contributed by atoms with van der Waals surface area (Å²) in [6.45, 7) is 1.07. The maximum Gasteiger partial charge on any atom is 0.246 e. The van der Waals surface area contributed by atoms with Gasteiger partial charge in [0.05, 0.1) is 25.3 Å². The first-order valence-electron chi connectivity index (χ1n) is 7.86. The zero-order valence-electron chi connectivity index (χ0n) is 13.3. The van der Waals surface area contributed by atoms with Gasteiger partial charge >= 0.3 is 0 Å². The van der Waals surface area contributed by atoms with E-state index in [2.05, 4.69) is 10.3 Å². The molecular weight excluding hydrogens is 423 g/mol. The standard InChI is InChI=1S/C16H22N4O3.HI/c17-15(21)14-6-5-10(23-14)9-19-16(18)20-12-7-8-22-13-4-2-1-3-11(12)13;/h1-4,10,12,14H,5-9H2,(H2,17,21)(H3,18,19,20);1H. The second kappa shape index (κ2) is 8.52. The number of carbonyl (C=O) groups is 1. The molecule has 8 heteroatoms. The van der Waals surface area contributed by atoms with Gasteiger partial charge in [-0.3, -0.25) is 9.79 Å². The third-order valence-electron chi connectivity index (χ3n) is 4.17. The van der Waals surface area contributed by atoms with Crippen molar-refractivity contribution in [3.8, 4) is 5.75 Å². The predicted molar refractivity (Wildman–Crippen MR) is 101 cm³/mol. The molecule has 0 radical (unpaired) electrons. The maximum absolute atomic E-state index is 11.1. The van der Waals surface area contributed by atoms with Crippen LogP contribution in [-0.2, 0) is 9.53 Å². The van der Waals surface area contributed by atoms with E-state index in [4.69, 9.17) is 20.9 Å². The minimum Gasteiger partial charge on any atom is -0.493 e. The van der Waals surface area contributed by atoms with Crippen molar-refractivity contribution in [2.24, 2.45) is 16.5 Å². The fraction of sp³-hybridized carbons (Fsp3) is 0.500. The topological polar surface area (TPSA) is 112 Å². The molecule has 5 N–H and O–H groups in total. The van der Waals surface area contributed by atoms with E-state index in [0.717, 1.165) is 24.2 Å². The third-order valence-corrected chi connectivity index (χ3v) is 4.17. The minimum atomic E-state index is -0.494. The van der Waals surface area contributed by atoms with Crippen LogP contribution < -0.4 is 21.5 Å². The van der Waals surface area contributed by atoms with Gasteiger partial charge in [0.25, 0.3) is 0 Å². The number of guanidine groups is 1. The predicted octanol–water partition coefficient (Wildman–Crippen LogP) is 1.07. The number of nitrogens with two attached hydrogens (primary N) is 2. The van der Waals surface area contributed by atoms with E-state index in [1.54, 1.807) is 0 Å². The molecule has 0 spiro atoms. The van der Waals surface area contributed by atoms with Crippen molar-refractivity contribution in [1.29, 1.82) is 0 Å². The Morgan fingerprint density at radius 2 is 2.04 bits per heavy atom. The van der Waals surface area contributed by atoms with Crippen LogP contribution in [0.3, 0.4) is 0 Å². The number of nitrogens with one attached hydrogen (secondary N) is 1. The molecular formula is C16H23IN4O3. The molecule has 3 rings (SSSR count). The van der Waals surface area contributed by atoms with Crippen molar-refractivity contribution < 1.29 is 14.3 Å². The molecule has 7 nitrogen and oxygen atoms in total. The number of rotatable bonds is 4. The van der Waals surface area contributed by atoms with E-state index in [1.807, 2.05) is 24.3 Å². The van der Waals surface area contributed by atoms with Crippen LogP contribution >= 0.6 is 24.0 Å². The van der Waals surface area contributed by atoms with E-state index in [0.29, 0.717) is 25.5 Å². The molecule has 24 heavy (non-hydrogen) atoms. The Hall–Kier alpha value is -1.55. The molecule has 0 aromatic heterocycles. The van der Waals surface area contributed by atoms with Gasteiger partial charge in [0.2, 0.25) is 5.91 Å². The largest absolute Gasteiger partial charge is 0.493 e. The van der Waals surface area contributed by atoms with Gasteiger partial charge in [0.15, 0.2) is 5.96 Å². The molecule has 2 aliphatic rings. The van der Waals surface area contributed by atoms with Crippen LogP contribution in [0.2, 0.25) is 0 Å². The van der Waals surface area contributed by atoms with E-state index in [1.165, 1.54) is 0 Å². The lowest BCUT2D eigenvalue weighted by Gasteiger charge is -2.27. The molecule has 1 aromatic rings. The molecule has 2 aliphatic heterocycles. The Balaban J connectivity index is 0.00000208. The summed E-state index contributed by atoms with van der Waals surface area (Å²) in [5.74, 6) is 0.840. The molecule has 0 saturated carbocycles. The summed E-state index contributed by atoms with van der Waals surface area (Å²) in [6, 6.07) is 7.99. The zero-order chi connectivity index (χ0) is 16.2. The lowest BCUT2D eigenvalue weighted by molar-refractivity contribution is -0.128. The number of carbonyl (C=O) groups excluding carboxylic acids is 1. The normalized spacial score (nSPS) is 26.0. The lowest BCUT2D eigenvalue weighted by Crippen LogP contribution is -2.38. The van der Waals surface area contributed by atoms with Crippen LogP contribution in [0.4, 0.5) is 0 Å². The SMILES string of the molecule is I.NC(=O)C1CCC(CN=C(N)NC2CCOc3ccccc32)O1. The summed E-state index contributed by atoms with van der Waals surface area (Å²) >= 11 is 0. The Morgan fingerprint density at radius 1 is 1.25 bits per heavy atom. The second-order valence-electron chi connectivity index (χ2n) is 5.82. The number of benzene rings is 1. The van der Waals surface area contributed by atoms with Crippen LogP contribution in [0, 0.1) is 0 Å². The van der Waals surface area contributed by atoms with Crippen LogP contribution in [-0.4, -0.2) is 37.2 Å². The molecule has 1 aromatic carbocycles. The van der Waals surface area contributed by atoms with Gasteiger partial charge < -0.3 is 26.3 Å². The molecule has 0 bridgehead atoms. The van der Waals surface area contributed by atoms with E-state index in [9.17, 15) is 4.79 Å². The van der Waals surface area contributed by atoms with Gasteiger partial charge in [-0.1, -0.05) is 18.2 Å². The van der Waals surface area contributed by atoms with Gasteiger partial charge in [0.1, 0.15) is 11.9 Å². The Morgan fingerprint density at radius 3 is 2.79 bits per heavy atom. The first-order valence-corrected chi connectivity index (χ1v) is 7.86. The number of hydrogen-bond acceptors (Lipinski definition) is 4. The van der Waals surface area contributed by atoms with Gasteiger partial charge in [-0.2, -0.15) is 0 Å². The first-order chi connectivity index (χ1) is 11.1. The van der Waals surface area contributed by atoms with Crippen LogP contribution in [0.15, 0.2) is 29.3 Å². The first kappa shape index (κ1) is 18.8. The highest BCUT2D eigenvalue weighted by molar-refractivity contribution is 14.0. The number of ether oxygens (including phenoxy) is 2. The van der Waals surface area contributed by atoms with Crippen LogP contribution in [0.1, 0.15) is 30.9 Å². The Bertz CT molecular complexity index is 611. The lowest BCUT2D eigenvalue weighted by atomic mass is 10.0. The molecule has 3 atom stereocenters. The van der Waals surface area contributed by atoms with Crippen LogP contribution in [0.25, 0.3) is 0 Å².